The highest BCUT2D eigenvalue weighted by Gasteiger charge is 2.16. The van der Waals surface area contributed by atoms with E-state index in [-0.39, 0.29) is 0 Å². The second-order valence-electron chi connectivity index (χ2n) is 6.77. The van der Waals surface area contributed by atoms with Gasteiger partial charge in [0.1, 0.15) is 11.6 Å². The maximum Gasteiger partial charge on any atom is 0.163 e. The molecule has 0 atom stereocenters. The van der Waals surface area contributed by atoms with Gasteiger partial charge in [-0.15, -0.1) is 0 Å². The van der Waals surface area contributed by atoms with Crippen molar-refractivity contribution in [1.29, 1.82) is 5.26 Å². The van der Waals surface area contributed by atoms with Crippen LogP contribution in [0.4, 0.5) is 17.3 Å². The van der Waals surface area contributed by atoms with Crippen molar-refractivity contribution >= 4 is 17.3 Å². The van der Waals surface area contributed by atoms with Gasteiger partial charge < -0.3 is 10.6 Å². The number of aromatic nitrogens is 2. The molecule has 1 aliphatic carbocycles. The van der Waals surface area contributed by atoms with Crippen molar-refractivity contribution in [2.24, 2.45) is 0 Å². The van der Waals surface area contributed by atoms with E-state index in [9.17, 15) is 0 Å². The summed E-state index contributed by atoms with van der Waals surface area (Å²) in [5, 5.41) is 16.0. The summed E-state index contributed by atoms with van der Waals surface area (Å²) in [4.78, 5) is 9.41. The molecule has 1 fully saturated rings. The number of nitriles is 1. The molecule has 0 spiro atoms. The highest BCUT2D eigenvalue weighted by Crippen LogP contribution is 2.26. The van der Waals surface area contributed by atoms with Crippen LogP contribution in [0.3, 0.4) is 0 Å². The topological polar surface area (TPSA) is 73.6 Å². The predicted molar refractivity (Wildman–Crippen MR) is 108 cm³/mol. The van der Waals surface area contributed by atoms with E-state index in [2.05, 4.69) is 21.7 Å². The number of nitrogens with zero attached hydrogens (tertiary/aromatic N) is 3. The molecule has 5 heteroatoms. The van der Waals surface area contributed by atoms with Gasteiger partial charge in [-0.1, -0.05) is 49.2 Å². The van der Waals surface area contributed by atoms with E-state index >= 15 is 0 Å². The smallest absolute Gasteiger partial charge is 0.163 e. The van der Waals surface area contributed by atoms with Crippen molar-refractivity contribution in [3.8, 4) is 17.5 Å². The van der Waals surface area contributed by atoms with Gasteiger partial charge in [-0.25, -0.2) is 9.97 Å². The molecular formula is C22H21N5. The first-order valence-corrected chi connectivity index (χ1v) is 9.28. The molecule has 0 aliphatic heterocycles. The van der Waals surface area contributed by atoms with Crippen LogP contribution >= 0.6 is 0 Å². The molecule has 0 saturated heterocycles. The first-order valence-electron chi connectivity index (χ1n) is 9.28. The lowest BCUT2D eigenvalue weighted by molar-refractivity contribution is 0.750. The lowest BCUT2D eigenvalue weighted by Crippen LogP contribution is -2.16. The van der Waals surface area contributed by atoms with Gasteiger partial charge in [0.2, 0.25) is 0 Å². The molecule has 4 rings (SSSR count). The molecule has 1 aromatic heterocycles. The van der Waals surface area contributed by atoms with Crippen LogP contribution in [0.2, 0.25) is 0 Å². The number of hydrogen-bond donors (Lipinski definition) is 2. The van der Waals surface area contributed by atoms with Crippen LogP contribution in [0.15, 0.2) is 60.7 Å². The summed E-state index contributed by atoms with van der Waals surface area (Å²) in [5.74, 6) is 2.21. The summed E-state index contributed by atoms with van der Waals surface area (Å²) in [6.45, 7) is 0. The van der Waals surface area contributed by atoms with Crippen LogP contribution in [0.25, 0.3) is 11.4 Å². The van der Waals surface area contributed by atoms with E-state index in [1.165, 1.54) is 25.7 Å². The quantitative estimate of drug-likeness (QED) is 0.665. The highest BCUT2D eigenvalue weighted by molar-refractivity contribution is 5.66. The van der Waals surface area contributed by atoms with Gasteiger partial charge in [0.05, 0.1) is 11.6 Å². The van der Waals surface area contributed by atoms with Gasteiger partial charge in [0.15, 0.2) is 5.82 Å². The zero-order chi connectivity index (χ0) is 18.5. The second kappa shape index (κ2) is 7.88. The summed E-state index contributed by atoms with van der Waals surface area (Å²) in [5.41, 5.74) is 2.42. The van der Waals surface area contributed by atoms with E-state index in [0.717, 1.165) is 17.1 Å². The van der Waals surface area contributed by atoms with E-state index in [0.29, 0.717) is 23.2 Å². The Morgan fingerprint density at radius 2 is 1.67 bits per heavy atom. The van der Waals surface area contributed by atoms with Gasteiger partial charge in [-0.3, -0.25) is 0 Å². The fraction of sp³-hybridized carbons (Fsp3) is 0.227. The van der Waals surface area contributed by atoms with Crippen molar-refractivity contribution in [3.63, 3.8) is 0 Å². The number of benzene rings is 2. The SMILES string of the molecule is N#Cc1cccc(Nc2cc(NC3CCCC3)nc(-c3ccccc3)n2)c1. The highest BCUT2D eigenvalue weighted by atomic mass is 15.1. The summed E-state index contributed by atoms with van der Waals surface area (Å²) in [7, 11) is 0. The molecule has 2 aromatic carbocycles. The maximum absolute atomic E-state index is 9.11. The lowest BCUT2D eigenvalue weighted by Gasteiger charge is -2.15. The fourth-order valence-electron chi connectivity index (χ4n) is 3.40. The first-order chi connectivity index (χ1) is 13.3. The molecular weight excluding hydrogens is 334 g/mol. The van der Waals surface area contributed by atoms with Crippen molar-refractivity contribution in [2.75, 3.05) is 10.6 Å². The molecule has 1 heterocycles. The molecule has 0 bridgehead atoms. The normalized spacial score (nSPS) is 13.9. The van der Waals surface area contributed by atoms with E-state index < -0.39 is 0 Å². The number of hydrogen-bond acceptors (Lipinski definition) is 5. The Labute approximate surface area is 159 Å². The minimum absolute atomic E-state index is 0.471. The second-order valence-corrected chi connectivity index (χ2v) is 6.77. The molecule has 0 amide bonds. The molecule has 1 saturated carbocycles. The van der Waals surface area contributed by atoms with Crippen molar-refractivity contribution in [3.05, 3.63) is 66.2 Å². The van der Waals surface area contributed by atoms with Crippen LogP contribution in [-0.2, 0) is 0 Å². The molecule has 0 radical (unpaired) electrons. The lowest BCUT2D eigenvalue weighted by atomic mass is 10.2. The molecule has 3 aromatic rings. The largest absolute Gasteiger partial charge is 0.367 e. The average molecular weight is 355 g/mol. The summed E-state index contributed by atoms with van der Waals surface area (Å²) in [6.07, 6.45) is 4.88. The molecule has 5 nitrogen and oxygen atoms in total. The summed E-state index contributed by atoms with van der Waals surface area (Å²) in [6, 6.07) is 21.9. The van der Waals surface area contributed by atoms with E-state index in [1.807, 2.05) is 54.6 Å². The van der Waals surface area contributed by atoms with E-state index in [4.69, 9.17) is 10.2 Å². The van der Waals surface area contributed by atoms with Gasteiger partial charge >= 0.3 is 0 Å². The standard InChI is InChI=1S/C22H21N5/c23-15-16-7-6-12-19(13-16)25-21-14-20(24-18-10-4-5-11-18)26-22(27-21)17-8-2-1-3-9-17/h1-3,6-9,12-14,18H,4-5,10-11H2,(H2,24,25,26,27). The van der Waals surface area contributed by atoms with Gasteiger partial charge in [0, 0.05) is 23.4 Å². The third-order valence-corrected chi connectivity index (χ3v) is 4.73. The number of nitrogens with one attached hydrogen (secondary N) is 2. The predicted octanol–water partition coefficient (Wildman–Crippen LogP) is 5.11. The Hall–Kier alpha value is -3.39. The van der Waals surface area contributed by atoms with Crippen LogP contribution in [0.5, 0.6) is 0 Å². The van der Waals surface area contributed by atoms with Gasteiger partial charge in [0.25, 0.3) is 0 Å². The van der Waals surface area contributed by atoms with E-state index in [1.54, 1.807) is 6.07 Å². The Morgan fingerprint density at radius 3 is 2.44 bits per heavy atom. The summed E-state index contributed by atoms with van der Waals surface area (Å²) >= 11 is 0. The van der Waals surface area contributed by atoms with Gasteiger partial charge in [-0.05, 0) is 31.0 Å². The Kier molecular flexibility index (Phi) is 4.97. The molecule has 134 valence electrons. The Balaban J connectivity index is 1.67. The maximum atomic E-state index is 9.11. The van der Waals surface area contributed by atoms with Crippen LogP contribution in [-0.4, -0.2) is 16.0 Å². The van der Waals surface area contributed by atoms with Crippen molar-refractivity contribution in [1.82, 2.24) is 9.97 Å². The van der Waals surface area contributed by atoms with Crippen LogP contribution < -0.4 is 10.6 Å². The van der Waals surface area contributed by atoms with Crippen molar-refractivity contribution < 1.29 is 0 Å². The fourth-order valence-corrected chi connectivity index (χ4v) is 3.40. The average Bonchev–Trinajstić information content (AvgIpc) is 3.21. The molecule has 1 aliphatic rings. The zero-order valence-electron chi connectivity index (χ0n) is 15.0. The third-order valence-electron chi connectivity index (χ3n) is 4.73. The minimum Gasteiger partial charge on any atom is -0.367 e. The zero-order valence-corrected chi connectivity index (χ0v) is 15.0. The van der Waals surface area contributed by atoms with Gasteiger partial charge in [-0.2, -0.15) is 5.26 Å². The van der Waals surface area contributed by atoms with Crippen LogP contribution in [0.1, 0.15) is 31.2 Å². The van der Waals surface area contributed by atoms with Crippen LogP contribution in [0, 0.1) is 11.3 Å². The van der Waals surface area contributed by atoms with Crippen molar-refractivity contribution in [2.45, 2.75) is 31.7 Å². The first kappa shape index (κ1) is 17.0. The number of rotatable bonds is 5. The Morgan fingerprint density at radius 1 is 0.889 bits per heavy atom. The Bertz CT molecular complexity index is 956. The molecule has 2 N–H and O–H groups in total. The third kappa shape index (κ3) is 4.24. The molecule has 0 unspecified atom stereocenters. The summed E-state index contributed by atoms with van der Waals surface area (Å²) < 4.78 is 0. The monoisotopic (exact) mass is 355 g/mol. The molecule has 27 heavy (non-hydrogen) atoms. The number of anilines is 3. The minimum atomic E-state index is 0.471.